The fraction of sp³-hybridized carbons (Fsp3) is 0.333. The molecular weight excluding hydrogens is 334 g/mol. The number of hydrogen-bond donors (Lipinski definition) is 1. The number of ether oxygens (including phenoxy) is 1. The van der Waals surface area contributed by atoms with Gasteiger partial charge in [0, 0.05) is 37.2 Å². The summed E-state index contributed by atoms with van der Waals surface area (Å²) in [5.41, 5.74) is 8.26. The van der Waals surface area contributed by atoms with Crippen LogP contribution < -0.4 is 10.5 Å². The summed E-state index contributed by atoms with van der Waals surface area (Å²) in [4.78, 5) is 2.19. The number of benzene rings is 2. The molecule has 1 fully saturated rings. The Bertz CT molecular complexity index is 642. The van der Waals surface area contributed by atoms with Crippen molar-refractivity contribution in [2.24, 2.45) is 5.73 Å². The van der Waals surface area contributed by atoms with Crippen LogP contribution in [0.4, 0.5) is 8.78 Å². The van der Waals surface area contributed by atoms with Crippen LogP contribution in [-0.4, -0.2) is 30.6 Å². The van der Waals surface area contributed by atoms with Crippen LogP contribution in [0.2, 0.25) is 0 Å². The molecule has 2 aromatic rings. The molecule has 1 heterocycles. The average Bonchev–Trinajstić information content (AvgIpc) is 2.90. The SMILES string of the molecule is Cl.N[C@@H]1CN(Cc2ccccc2OC(F)F)C[C@H]1c1ccccc1. The molecular formula is C18H21ClF2N2O. The first kappa shape index (κ1) is 18.6. The van der Waals surface area contributed by atoms with Crippen molar-refractivity contribution in [3.05, 3.63) is 65.7 Å². The van der Waals surface area contributed by atoms with Crippen LogP contribution in [0, 0.1) is 0 Å². The van der Waals surface area contributed by atoms with Crippen LogP contribution >= 0.6 is 12.4 Å². The van der Waals surface area contributed by atoms with E-state index in [1.807, 2.05) is 30.3 Å². The summed E-state index contributed by atoms with van der Waals surface area (Å²) in [7, 11) is 0. The molecule has 0 aliphatic carbocycles. The Labute approximate surface area is 146 Å². The normalized spacial score (nSPS) is 20.8. The highest BCUT2D eigenvalue weighted by atomic mass is 35.5. The molecule has 2 aromatic carbocycles. The van der Waals surface area contributed by atoms with E-state index in [9.17, 15) is 8.78 Å². The smallest absolute Gasteiger partial charge is 0.387 e. The second-order valence-corrected chi connectivity index (χ2v) is 5.86. The molecule has 1 aliphatic heterocycles. The van der Waals surface area contributed by atoms with Crippen LogP contribution in [0.15, 0.2) is 54.6 Å². The third-order valence-electron chi connectivity index (χ3n) is 4.25. The summed E-state index contributed by atoms with van der Waals surface area (Å²) in [6, 6.07) is 17.1. The van der Waals surface area contributed by atoms with Gasteiger partial charge in [-0.2, -0.15) is 8.78 Å². The van der Waals surface area contributed by atoms with Crippen LogP contribution in [0.3, 0.4) is 0 Å². The maximum Gasteiger partial charge on any atom is 0.387 e. The Morgan fingerprint density at radius 2 is 1.71 bits per heavy atom. The van der Waals surface area contributed by atoms with Gasteiger partial charge in [-0.1, -0.05) is 48.5 Å². The van der Waals surface area contributed by atoms with Crippen molar-refractivity contribution in [2.75, 3.05) is 13.1 Å². The highest BCUT2D eigenvalue weighted by molar-refractivity contribution is 5.85. The summed E-state index contributed by atoms with van der Waals surface area (Å²) in [5, 5.41) is 0. The van der Waals surface area contributed by atoms with E-state index in [2.05, 4.69) is 21.8 Å². The number of hydrogen-bond acceptors (Lipinski definition) is 3. The number of rotatable bonds is 5. The minimum absolute atomic E-state index is 0. The number of alkyl halides is 2. The molecule has 1 aliphatic rings. The average molecular weight is 355 g/mol. The topological polar surface area (TPSA) is 38.5 Å². The number of nitrogens with two attached hydrogens (primary N) is 1. The minimum atomic E-state index is -2.81. The van der Waals surface area contributed by atoms with E-state index < -0.39 is 6.61 Å². The first-order chi connectivity index (χ1) is 11.1. The quantitative estimate of drug-likeness (QED) is 0.891. The maximum atomic E-state index is 12.5. The Morgan fingerprint density at radius 1 is 1.04 bits per heavy atom. The fourth-order valence-corrected chi connectivity index (χ4v) is 3.18. The highest BCUT2D eigenvalue weighted by Gasteiger charge is 2.31. The van der Waals surface area contributed by atoms with E-state index in [1.165, 1.54) is 5.56 Å². The van der Waals surface area contributed by atoms with Gasteiger partial charge in [0.25, 0.3) is 0 Å². The van der Waals surface area contributed by atoms with Gasteiger partial charge in [-0.05, 0) is 11.6 Å². The first-order valence-electron chi connectivity index (χ1n) is 7.69. The maximum absolute atomic E-state index is 12.5. The van der Waals surface area contributed by atoms with Gasteiger partial charge in [0.2, 0.25) is 0 Å². The highest BCUT2D eigenvalue weighted by Crippen LogP contribution is 2.29. The van der Waals surface area contributed by atoms with Crippen molar-refractivity contribution in [2.45, 2.75) is 25.1 Å². The van der Waals surface area contributed by atoms with Gasteiger partial charge in [-0.15, -0.1) is 12.4 Å². The van der Waals surface area contributed by atoms with Crippen molar-refractivity contribution >= 4 is 12.4 Å². The van der Waals surface area contributed by atoms with Crippen molar-refractivity contribution in [3.8, 4) is 5.75 Å². The Kier molecular flexibility index (Phi) is 6.54. The Hall–Kier alpha value is -1.69. The molecule has 130 valence electrons. The van der Waals surface area contributed by atoms with Crippen LogP contribution in [0.1, 0.15) is 17.0 Å². The molecule has 6 heteroatoms. The predicted octanol–water partition coefficient (Wildman–Crippen LogP) is 3.64. The summed E-state index contributed by atoms with van der Waals surface area (Å²) in [6.07, 6.45) is 0. The van der Waals surface area contributed by atoms with Gasteiger partial charge >= 0.3 is 6.61 Å². The Morgan fingerprint density at radius 3 is 2.42 bits per heavy atom. The molecule has 3 rings (SSSR count). The zero-order valence-corrected chi connectivity index (χ0v) is 14.0. The van der Waals surface area contributed by atoms with Gasteiger partial charge in [0.1, 0.15) is 5.75 Å². The predicted molar refractivity (Wildman–Crippen MR) is 92.8 cm³/mol. The summed E-state index contributed by atoms with van der Waals surface area (Å²) in [6.45, 7) is -0.703. The summed E-state index contributed by atoms with van der Waals surface area (Å²) < 4.78 is 29.6. The molecule has 0 amide bonds. The lowest BCUT2D eigenvalue weighted by molar-refractivity contribution is -0.0507. The number of halogens is 3. The molecule has 0 aromatic heterocycles. The molecule has 0 bridgehead atoms. The van der Waals surface area contributed by atoms with E-state index in [1.54, 1.807) is 12.1 Å². The number of nitrogens with zero attached hydrogens (tertiary/aromatic N) is 1. The monoisotopic (exact) mass is 354 g/mol. The van der Waals surface area contributed by atoms with Crippen molar-refractivity contribution in [1.29, 1.82) is 0 Å². The third-order valence-corrected chi connectivity index (χ3v) is 4.25. The molecule has 3 nitrogen and oxygen atoms in total. The third kappa shape index (κ3) is 4.44. The second-order valence-electron chi connectivity index (χ2n) is 5.86. The lowest BCUT2D eigenvalue weighted by Crippen LogP contribution is -2.28. The summed E-state index contributed by atoms with van der Waals surface area (Å²) >= 11 is 0. The van der Waals surface area contributed by atoms with Crippen molar-refractivity contribution < 1.29 is 13.5 Å². The van der Waals surface area contributed by atoms with Crippen LogP contribution in [0.5, 0.6) is 5.75 Å². The zero-order valence-electron chi connectivity index (χ0n) is 13.1. The molecule has 1 saturated heterocycles. The van der Waals surface area contributed by atoms with E-state index in [0.29, 0.717) is 6.54 Å². The van der Waals surface area contributed by atoms with Crippen LogP contribution in [-0.2, 0) is 6.54 Å². The molecule has 0 saturated carbocycles. The van der Waals surface area contributed by atoms with Gasteiger partial charge in [-0.25, -0.2) is 0 Å². The number of para-hydroxylation sites is 1. The Balaban J connectivity index is 0.00000208. The van der Waals surface area contributed by atoms with Crippen molar-refractivity contribution in [1.82, 2.24) is 4.90 Å². The van der Waals surface area contributed by atoms with Gasteiger partial charge in [0.05, 0.1) is 0 Å². The molecule has 2 atom stereocenters. The summed E-state index contributed by atoms with van der Waals surface area (Å²) in [5.74, 6) is 0.499. The zero-order chi connectivity index (χ0) is 16.2. The number of likely N-dealkylation sites (tertiary alicyclic amines) is 1. The molecule has 24 heavy (non-hydrogen) atoms. The molecule has 2 N–H and O–H groups in total. The van der Waals surface area contributed by atoms with E-state index in [-0.39, 0.29) is 30.1 Å². The van der Waals surface area contributed by atoms with Gasteiger partial charge in [-0.3, -0.25) is 4.90 Å². The standard InChI is InChI=1S/C18H20F2N2O.ClH/c19-18(20)23-17-9-5-4-8-14(17)10-22-11-15(16(21)12-22)13-6-2-1-3-7-13;/h1-9,15-16,18H,10-12,21H2;1H/t15-,16+;/m0./s1. The largest absolute Gasteiger partial charge is 0.434 e. The molecule has 0 spiro atoms. The van der Waals surface area contributed by atoms with Gasteiger partial charge < -0.3 is 10.5 Å². The van der Waals surface area contributed by atoms with Crippen LogP contribution in [0.25, 0.3) is 0 Å². The fourth-order valence-electron chi connectivity index (χ4n) is 3.18. The van der Waals surface area contributed by atoms with E-state index in [0.717, 1.165) is 18.7 Å². The molecule has 0 unspecified atom stereocenters. The lowest BCUT2D eigenvalue weighted by Gasteiger charge is -2.18. The second kappa shape index (κ2) is 8.42. The van der Waals surface area contributed by atoms with E-state index >= 15 is 0 Å². The lowest BCUT2D eigenvalue weighted by atomic mass is 9.95. The molecule has 0 radical (unpaired) electrons. The minimum Gasteiger partial charge on any atom is -0.434 e. The van der Waals surface area contributed by atoms with Gasteiger partial charge in [0.15, 0.2) is 0 Å². The van der Waals surface area contributed by atoms with Crippen molar-refractivity contribution in [3.63, 3.8) is 0 Å². The first-order valence-corrected chi connectivity index (χ1v) is 7.69. The van der Waals surface area contributed by atoms with E-state index in [4.69, 9.17) is 5.73 Å².